The van der Waals surface area contributed by atoms with Crippen LogP contribution in [0.2, 0.25) is 0 Å². The summed E-state index contributed by atoms with van der Waals surface area (Å²) in [6.07, 6.45) is 1.79. The van der Waals surface area contributed by atoms with Crippen molar-refractivity contribution in [1.29, 1.82) is 0 Å². The monoisotopic (exact) mass is 399 g/mol. The second kappa shape index (κ2) is 8.79. The molecule has 28 heavy (non-hydrogen) atoms. The lowest BCUT2D eigenvalue weighted by atomic mass is 10.2. The highest BCUT2D eigenvalue weighted by molar-refractivity contribution is 7.98. The fourth-order valence-electron chi connectivity index (χ4n) is 2.78. The second-order valence-corrected chi connectivity index (χ2v) is 6.81. The van der Waals surface area contributed by atoms with Crippen molar-refractivity contribution in [2.75, 3.05) is 14.2 Å². The van der Waals surface area contributed by atoms with Crippen LogP contribution >= 0.6 is 11.8 Å². The van der Waals surface area contributed by atoms with Crippen molar-refractivity contribution in [2.45, 2.75) is 24.4 Å². The topological polar surface area (TPSA) is 79.4 Å². The van der Waals surface area contributed by atoms with Gasteiger partial charge in [0.15, 0.2) is 11.0 Å². The molecule has 0 aliphatic rings. The van der Waals surface area contributed by atoms with Crippen LogP contribution in [0.5, 0.6) is 5.75 Å². The normalized spacial score (nSPS) is 10.7. The summed E-state index contributed by atoms with van der Waals surface area (Å²) in [6.45, 7) is 6.11. The number of thioether (sulfide) groups is 1. The van der Waals surface area contributed by atoms with Gasteiger partial charge in [-0.2, -0.15) is 0 Å². The number of hydrogen-bond acceptors (Lipinski definition) is 7. The molecule has 0 saturated heterocycles. The zero-order valence-corrected chi connectivity index (χ0v) is 16.8. The van der Waals surface area contributed by atoms with Crippen LogP contribution in [0, 0.1) is 6.92 Å². The second-order valence-electron chi connectivity index (χ2n) is 5.87. The van der Waals surface area contributed by atoms with Gasteiger partial charge in [-0.1, -0.05) is 30.0 Å². The van der Waals surface area contributed by atoms with Crippen LogP contribution in [0.15, 0.2) is 52.6 Å². The lowest BCUT2D eigenvalue weighted by Crippen LogP contribution is -2.01. The summed E-state index contributed by atoms with van der Waals surface area (Å²) in [4.78, 5) is 11.7. The molecule has 0 spiro atoms. The third kappa shape index (κ3) is 3.96. The third-order valence-corrected chi connectivity index (χ3v) is 5.08. The Morgan fingerprint density at radius 2 is 2.11 bits per heavy atom. The lowest BCUT2D eigenvalue weighted by molar-refractivity contribution is 0.0599. The van der Waals surface area contributed by atoms with Crippen LogP contribution in [0.25, 0.3) is 11.4 Å². The Kier molecular flexibility index (Phi) is 6.20. The molecule has 8 heteroatoms. The number of carbonyl (C=O) groups excluding carboxylic acids is 1. The Balaban J connectivity index is 1.86. The van der Waals surface area contributed by atoms with Gasteiger partial charge in [0.2, 0.25) is 0 Å². The smallest absolute Gasteiger partial charge is 0.341 e. The maximum atomic E-state index is 11.7. The summed E-state index contributed by atoms with van der Waals surface area (Å²) in [5, 5.41) is 9.39. The van der Waals surface area contributed by atoms with Crippen LogP contribution in [0.1, 0.15) is 21.9 Å². The number of aromatic nitrogens is 3. The van der Waals surface area contributed by atoms with Gasteiger partial charge >= 0.3 is 5.97 Å². The molecule has 2 aromatic heterocycles. The Labute approximate surface area is 167 Å². The Hall–Kier alpha value is -3.00. The highest BCUT2D eigenvalue weighted by Gasteiger charge is 2.19. The van der Waals surface area contributed by atoms with E-state index < -0.39 is 5.97 Å². The van der Waals surface area contributed by atoms with Crippen molar-refractivity contribution >= 4 is 17.7 Å². The number of ether oxygens (including phenoxy) is 2. The van der Waals surface area contributed by atoms with E-state index in [0.29, 0.717) is 35.2 Å². The predicted molar refractivity (Wildman–Crippen MR) is 107 cm³/mol. The van der Waals surface area contributed by atoms with E-state index in [2.05, 4.69) is 16.8 Å². The standard InChI is InChI=1S/C20H21N3O4S/c1-5-10-23-18(15-8-6-7-9-17(15)25-3)21-22-20(23)28-12-14-11-16(13(2)27-14)19(24)26-4/h5-9,11H,1,10,12H2,2-4H3. The van der Waals surface area contributed by atoms with E-state index in [1.807, 2.05) is 28.8 Å². The summed E-state index contributed by atoms with van der Waals surface area (Å²) in [5.74, 6) is 2.70. The maximum absolute atomic E-state index is 11.7. The van der Waals surface area contributed by atoms with E-state index in [-0.39, 0.29) is 0 Å². The molecule has 0 aliphatic heterocycles. The highest BCUT2D eigenvalue weighted by atomic mass is 32.2. The van der Waals surface area contributed by atoms with E-state index in [4.69, 9.17) is 13.9 Å². The molecule has 3 rings (SSSR count). The summed E-state index contributed by atoms with van der Waals surface area (Å²) < 4.78 is 17.8. The van der Waals surface area contributed by atoms with Gasteiger partial charge in [0, 0.05) is 6.54 Å². The molecular formula is C20H21N3O4S. The number of aryl methyl sites for hydroxylation is 1. The van der Waals surface area contributed by atoms with Gasteiger partial charge in [0.05, 0.1) is 25.5 Å². The molecule has 0 atom stereocenters. The Bertz CT molecular complexity index is 993. The van der Waals surface area contributed by atoms with Gasteiger partial charge in [-0.15, -0.1) is 16.8 Å². The molecule has 3 aromatic rings. The Morgan fingerprint density at radius 1 is 1.32 bits per heavy atom. The SMILES string of the molecule is C=CCn1c(SCc2cc(C(=O)OC)c(C)o2)nnc1-c1ccccc1OC. The van der Waals surface area contributed by atoms with Gasteiger partial charge in [0.25, 0.3) is 0 Å². The van der Waals surface area contributed by atoms with Crippen molar-refractivity contribution in [2.24, 2.45) is 0 Å². The van der Waals surface area contributed by atoms with Crippen LogP contribution in [0.4, 0.5) is 0 Å². The minimum absolute atomic E-state index is 0.411. The Morgan fingerprint density at radius 3 is 2.82 bits per heavy atom. The van der Waals surface area contributed by atoms with Crippen molar-refractivity contribution in [3.8, 4) is 17.1 Å². The van der Waals surface area contributed by atoms with Gasteiger partial charge in [-0.25, -0.2) is 4.79 Å². The van der Waals surface area contributed by atoms with Gasteiger partial charge < -0.3 is 13.9 Å². The molecule has 0 aliphatic carbocycles. The summed E-state index contributed by atoms with van der Waals surface area (Å²) in [6, 6.07) is 9.36. The first-order chi connectivity index (χ1) is 13.6. The zero-order valence-electron chi connectivity index (χ0n) is 16.0. The van der Waals surface area contributed by atoms with E-state index in [1.54, 1.807) is 26.2 Å². The largest absolute Gasteiger partial charge is 0.496 e. The molecule has 0 amide bonds. The van der Waals surface area contributed by atoms with Gasteiger partial charge in [-0.3, -0.25) is 4.57 Å². The van der Waals surface area contributed by atoms with Crippen LogP contribution < -0.4 is 4.74 Å². The van der Waals surface area contributed by atoms with Crippen molar-refractivity contribution in [3.05, 3.63) is 60.1 Å². The van der Waals surface area contributed by atoms with Crippen LogP contribution in [0.3, 0.4) is 0 Å². The number of para-hydroxylation sites is 1. The zero-order chi connectivity index (χ0) is 20.1. The number of esters is 1. The van der Waals surface area contributed by atoms with Crippen molar-refractivity contribution in [1.82, 2.24) is 14.8 Å². The third-order valence-electron chi connectivity index (χ3n) is 4.09. The number of rotatable bonds is 8. The highest BCUT2D eigenvalue weighted by Crippen LogP contribution is 2.32. The summed E-state index contributed by atoms with van der Waals surface area (Å²) >= 11 is 1.47. The molecule has 0 saturated carbocycles. The minimum Gasteiger partial charge on any atom is -0.496 e. The molecule has 0 fully saturated rings. The minimum atomic E-state index is -0.411. The van der Waals surface area contributed by atoms with Crippen molar-refractivity contribution in [3.63, 3.8) is 0 Å². The number of carbonyl (C=O) groups is 1. The fourth-order valence-corrected chi connectivity index (χ4v) is 3.61. The molecule has 1 aromatic carbocycles. The number of methoxy groups -OCH3 is 2. The maximum Gasteiger partial charge on any atom is 0.341 e. The molecule has 0 radical (unpaired) electrons. The molecule has 146 valence electrons. The number of allylic oxidation sites excluding steroid dienone is 1. The first-order valence-corrected chi connectivity index (χ1v) is 9.55. The number of hydrogen-bond donors (Lipinski definition) is 0. The fraction of sp³-hybridized carbons (Fsp3) is 0.250. The first-order valence-electron chi connectivity index (χ1n) is 8.57. The number of furan rings is 1. The van der Waals surface area contributed by atoms with Gasteiger partial charge in [-0.05, 0) is 25.1 Å². The average molecular weight is 399 g/mol. The van der Waals surface area contributed by atoms with E-state index in [0.717, 1.165) is 16.5 Å². The van der Waals surface area contributed by atoms with Gasteiger partial charge in [0.1, 0.15) is 22.8 Å². The van der Waals surface area contributed by atoms with E-state index in [9.17, 15) is 4.79 Å². The average Bonchev–Trinajstić information content (AvgIpc) is 3.29. The van der Waals surface area contributed by atoms with E-state index in [1.165, 1.54) is 18.9 Å². The molecule has 0 N–H and O–H groups in total. The summed E-state index contributed by atoms with van der Waals surface area (Å²) in [5.41, 5.74) is 1.29. The van der Waals surface area contributed by atoms with Crippen molar-refractivity contribution < 1.29 is 18.7 Å². The predicted octanol–water partition coefficient (Wildman–Crippen LogP) is 4.12. The molecule has 2 heterocycles. The quantitative estimate of drug-likeness (QED) is 0.320. The first kappa shape index (κ1) is 19.8. The van der Waals surface area contributed by atoms with E-state index >= 15 is 0 Å². The van der Waals surface area contributed by atoms with Crippen LogP contribution in [-0.2, 0) is 17.0 Å². The number of nitrogens with zero attached hydrogens (tertiary/aromatic N) is 3. The number of benzene rings is 1. The molecule has 0 unspecified atom stereocenters. The molecule has 7 nitrogen and oxygen atoms in total. The molecule has 0 bridgehead atoms. The van der Waals surface area contributed by atoms with Crippen LogP contribution in [-0.4, -0.2) is 35.0 Å². The lowest BCUT2D eigenvalue weighted by Gasteiger charge is -2.10. The summed E-state index contributed by atoms with van der Waals surface area (Å²) in [7, 11) is 2.97. The molecular weight excluding hydrogens is 378 g/mol.